The molecule has 1 aromatic carbocycles. The van der Waals surface area contributed by atoms with Crippen molar-refractivity contribution in [3.05, 3.63) is 23.2 Å². The van der Waals surface area contributed by atoms with Gasteiger partial charge >= 0.3 is 0 Å². The molecule has 0 aliphatic heterocycles. The summed E-state index contributed by atoms with van der Waals surface area (Å²) in [6, 6.07) is 5.67. The molecule has 1 aliphatic rings. The quantitative estimate of drug-likeness (QED) is 0.828. The minimum absolute atomic E-state index is 0.107. The Hall–Kier alpha value is -1.22. The number of carbonyl (C=O) groups excluding carboxylic acids is 1. The molecule has 0 atom stereocenters. The van der Waals surface area contributed by atoms with Crippen LogP contribution in [-0.2, 0) is 4.79 Å². The minimum Gasteiger partial charge on any atom is -0.385 e. The normalized spacial score (nSPS) is 15.9. The number of hydrogen-bond donors (Lipinski definition) is 2. The van der Waals surface area contributed by atoms with Gasteiger partial charge in [0.1, 0.15) is 0 Å². The van der Waals surface area contributed by atoms with Crippen LogP contribution >= 0.6 is 11.6 Å². The average Bonchev–Trinajstić information content (AvgIpc) is 2.43. The summed E-state index contributed by atoms with van der Waals surface area (Å²) in [5.41, 5.74) is 1.68. The highest BCUT2D eigenvalue weighted by Gasteiger charge is 2.12. The third-order valence-corrected chi connectivity index (χ3v) is 4.20. The number of anilines is 2. The molecule has 1 aliphatic carbocycles. The maximum absolute atomic E-state index is 11.0. The van der Waals surface area contributed by atoms with Gasteiger partial charge in [0.25, 0.3) is 0 Å². The van der Waals surface area contributed by atoms with Crippen molar-refractivity contribution < 1.29 is 4.79 Å². The van der Waals surface area contributed by atoms with E-state index in [1.165, 1.54) is 45.4 Å². The van der Waals surface area contributed by atoms with Crippen molar-refractivity contribution in [3.8, 4) is 0 Å². The molecule has 1 aromatic rings. The monoisotopic (exact) mass is 294 g/mol. The summed E-state index contributed by atoms with van der Waals surface area (Å²) in [7, 11) is 0. The fourth-order valence-corrected chi connectivity index (χ4v) is 3.04. The zero-order chi connectivity index (χ0) is 14.4. The lowest BCUT2D eigenvalue weighted by Gasteiger charge is -2.21. The van der Waals surface area contributed by atoms with Gasteiger partial charge in [-0.2, -0.15) is 0 Å². The smallest absolute Gasteiger partial charge is 0.221 e. The van der Waals surface area contributed by atoms with E-state index >= 15 is 0 Å². The predicted molar refractivity (Wildman–Crippen MR) is 85.4 cm³/mol. The van der Waals surface area contributed by atoms with E-state index in [1.807, 2.05) is 18.2 Å². The second kappa shape index (κ2) is 7.53. The van der Waals surface area contributed by atoms with Gasteiger partial charge < -0.3 is 10.6 Å². The van der Waals surface area contributed by atoms with E-state index in [2.05, 4.69) is 10.6 Å². The summed E-state index contributed by atoms with van der Waals surface area (Å²) in [5.74, 6) is 0.773. The maximum atomic E-state index is 11.0. The first kappa shape index (κ1) is 15.2. The molecule has 1 fully saturated rings. The lowest BCUT2D eigenvalue weighted by molar-refractivity contribution is -0.114. The van der Waals surface area contributed by atoms with Gasteiger partial charge in [0.05, 0.1) is 10.7 Å². The van der Waals surface area contributed by atoms with Gasteiger partial charge in [-0.15, -0.1) is 0 Å². The Kier molecular flexibility index (Phi) is 5.72. The zero-order valence-corrected chi connectivity index (χ0v) is 12.8. The van der Waals surface area contributed by atoms with Gasteiger partial charge in [-0.05, 0) is 30.5 Å². The van der Waals surface area contributed by atoms with Crippen LogP contribution in [0.4, 0.5) is 11.4 Å². The molecule has 1 saturated carbocycles. The largest absolute Gasteiger partial charge is 0.385 e. The van der Waals surface area contributed by atoms with Crippen molar-refractivity contribution in [2.45, 2.75) is 45.4 Å². The third kappa shape index (κ3) is 4.71. The molecule has 0 spiro atoms. The van der Waals surface area contributed by atoms with Crippen LogP contribution in [-0.4, -0.2) is 12.5 Å². The first-order valence-electron chi connectivity index (χ1n) is 7.46. The van der Waals surface area contributed by atoms with E-state index in [1.54, 1.807) is 0 Å². The molecule has 0 heterocycles. The molecule has 1 amide bonds. The Bertz CT molecular complexity index is 456. The van der Waals surface area contributed by atoms with Crippen molar-refractivity contribution in [1.29, 1.82) is 0 Å². The molecule has 0 radical (unpaired) electrons. The molecule has 2 rings (SSSR count). The first-order chi connectivity index (χ1) is 9.65. The molecule has 0 unspecified atom stereocenters. The first-order valence-corrected chi connectivity index (χ1v) is 7.84. The third-order valence-electron chi connectivity index (χ3n) is 3.89. The molecule has 0 saturated heterocycles. The SMILES string of the molecule is CC(=O)Nc1ccc(NCCC2CCCCC2)cc1Cl. The van der Waals surface area contributed by atoms with E-state index in [4.69, 9.17) is 11.6 Å². The second-order valence-electron chi connectivity index (χ2n) is 5.60. The second-order valence-corrected chi connectivity index (χ2v) is 6.00. The number of carbonyl (C=O) groups is 1. The molecular formula is C16H23ClN2O. The number of halogens is 1. The van der Waals surface area contributed by atoms with Crippen LogP contribution in [0.15, 0.2) is 18.2 Å². The highest BCUT2D eigenvalue weighted by Crippen LogP contribution is 2.28. The molecule has 0 bridgehead atoms. The Morgan fingerprint density at radius 3 is 2.70 bits per heavy atom. The Balaban J connectivity index is 1.80. The Morgan fingerprint density at radius 1 is 1.30 bits per heavy atom. The number of hydrogen-bond acceptors (Lipinski definition) is 2. The number of nitrogens with one attached hydrogen (secondary N) is 2. The summed E-state index contributed by atoms with van der Waals surface area (Å²) in [4.78, 5) is 11.0. The fourth-order valence-electron chi connectivity index (χ4n) is 2.81. The van der Waals surface area contributed by atoms with E-state index in [-0.39, 0.29) is 5.91 Å². The molecule has 2 N–H and O–H groups in total. The standard InChI is InChI=1S/C16H23ClN2O/c1-12(20)19-16-8-7-14(11-15(16)17)18-10-9-13-5-3-2-4-6-13/h7-8,11,13,18H,2-6,9-10H2,1H3,(H,19,20). The number of rotatable bonds is 5. The van der Waals surface area contributed by atoms with Gasteiger partial charge in [-0.1, -0.05) is 43.7 Å². The van der Waals surface area contributed by atoms with Crippen LogP contribution in [0.2, 0.25) is 5.02 Å². The highest BCUT2D eigenvalue weighted by atomic mass is 35.5. The van der Waals surface area contributed by atoms with Gasteiger partial charge in [0.2, 0.25) is 5.91 Å². The van der Waals surface area contributed by atoms with Crippen LogP contribution in [0.3, 0.4) is 0 Å². The van der Waals surface area contributed by atoms with Gasteiger partial charge in [-0.3, -0.25) is 4.79 Å². The van der Waals surface area contributed by atoms with Crippen molar-refractivity contribution in [2.24, 2.45) is 5.92 Å². The average molecular weight is 295 g/mol. The van der Waals surface area contributed by atoms with E-state index < -0.39 is 0 Å². The summed E-state index contributed by atoms with van der Waals surface area (Å²) < 4.78 is 0. The molecule has 0 aromatic heterocycles. The number of amides is 1. The predicted octanol–water partition coefficient (Wildman–Crippen LogP) is 4.68. The van der Waals surface area contributed by atoms with Crippen LogP contribution in [0.25, 0.3) is 0 Å². The van der Waals surface area contributed by atoms with Crippen molar-refractivity contribution in [1.82, 2.24) is 0 Å². The molecule has 3 nitrogen and oxygen atoms in total. The highest BCUT2D eigenvalue weighted by molar-refractivity contribution is 6.34. The zero-order valence-electron chi connectivity index (χ0n) is 12.0. The van der Waals surface area contributed by atoms with Crippen LogP contribution < -0.4 is 10.6 Å². The maximum Gasteiger partial charge on any atom is 0.221 e. The molecule has 4 heteroatoms. The van der Waals surface area contributed by atoms with E-state index in [0.717, 1.165) is 18.2 Å². The lowest BCUT2D eigenvalue weighted by Crippen LogP contribution is -2.12. The van der Waals surface area contributed by atoms with Crippen LogP contribution in [0.5, 0.6) is 0 Å². The fraction of sp³-hybridized carbons (Fsp3) is 0.562. The summed E-state index contributed by atoms with van der Waals surface area (Å²) in [6.07, 6.45) is 8.17. The number of benzene rings is 1. The Labute approximate surface area is 126 Å². The summed E-state index contributed by atoms with van der Waals surface area (Å²) >= 11 is 6.15. The van der Waals surface area contributed by atoms with Crippen molar-refractivity contribution in [3.63, 3.8) is 0 Å². The topological polar surface area (TPSA) is 41.1 Å². The molecular weight excluding hydrogens is 272 g/mol. The van der Waals surface area contributed by atoms with Crippen LogP contribution in [0, 0.1) is 5.92 Å². The molecule has 110 valence electrons. The molecule has 20 heavy (non-hydrogen) atoms. The van der Waals surface area contributed by atoms with Crippen molar-refractivity contribution >= 4 is 28.9 Å². The summed E-state index contributed by atoms with van der Waals surface area (Å²) in [5, 5.41) is 6.70. The van der Waals surface area contributed by atoms with Crippen molar-refractivity contribution in [2.75, 3.05) is 17.2 Å². The Morgan fingerprint density at radius 2 is 2.05 bits per heavy atom. The van der Waals surface area contributed by atoms with Gasteiger partial charge in [0, 0.05) is 19.2 Å². The van der Waals surface area contributed by atoms with E-state index in [9.17, 15) is 4.79 Å². The van der Waals surface area contributed by atoms with Crippen LogP contribution in [0.1, 0.15) is 45.4 Å². The van der Waals surface area contributed by atoms with E-state index in [0.29, 0.717) is 10.7 Å². The lowest BCUT2D eigenvalue weighted by atomic mass is 9.87. The summed E-state index contributed by atoms with van der Waals surface area (Å²) in [6.45, 7) is 2.47. The van der Waals surface area contributed by atoms with Gasteiger partial charge in [0.15, 0.2) is 0 Å². The minimum atomic E-state index is -0.107. The van der Waals surface area contributed by atoms with Gasteiger partial charge in [-0.25, -0.2) is 0 Å².